The van der Waals surface area contributed by atoms with Gasteiger partial charge in [0.1, 0.15) is 48.8 Å². The maximum atomic E-state index is 13.0. The fraction of sp³-hybridized carbons (Fsp3) is 0.778. The molecule has 2 aliphatic heterocycles. The molecule has 322 valence electrons. The summed E-state index contributed by atoms with van der Waals surface area (Å²) in [7, 11) is 0. The van der Waals surface area contributed by atoms with E-state index in [0.29, 0.717) is 11.1 Å². The molecule has 10 N–H and O–H groups in total. The van der Waals surface area contributed by atoms with Gasteiger partial charge in [0.05, 0.1) is 79.3 Å². The molecule has 20 heteroatoms. The predicted molar refractivity (Wildman–Crippen MR) is 193 cm³/mol. The minimum atomic E-state index is -1.53. The minimum Gasteiger partial charge on any atom is -0.394 e. The number of hydrogen-bond donors (Lipinski definition) is 10. The van der Waals surface area contributed by atoms with Gasteiger partial charge in [-0.1, -0.05) is 20.8 Å². The van der Waals surface area contributed by atoms with Crippen LogP contribution in [0.4, 0.5) is 0 Å². The van der Waals surface area contributed by atoms with E-state index in [0.717, 1.165) is 5.56 Å². The van der Waals surface area contributed by atoms with Gasteiger partial charge in [-0.2, -0.15) is 0 Å². The first kappa shape index (κ1) is 47.9. The number of rotatable bonds is 24. The van der Waals surface area contributed by atoms with Gasteiger partial charge in [-0.3, -0.25) is 9.59 Å². The molecule has 2 saturated heterocycles. The van der Waals surface area contributed by atoms with Crippen LogP contribution in [0.3, 0.4) is 0 Å². The first-order chi connectivity index (χ1) is 26.7. The van der Waals surface area contributed by atoms with Gasteiger partial charge in [-0.05, 0) is 29.2 Å². The largest absolute Gasteiger partial charge is 0.394 e. The normalized spacial score (nSPS) is 28.3. The van der Waals surface area contributed by atoms with E-state index in [9.17, 15) is 50.4 Å². The van der Waals surface area contributed by atoms with Crippen molar-refractivity contribution in [2.75, 3.05) is 92.4 Å². The Labute approximate surface area is 325 Å². The highest BCUT2D eigenvalue weighted by molar-refractivity contribution is 6.00. The van der Waals surface area contributed by atoms with Gasteiger partial charge in [0.25, 0.3) is 11.8 Å². The Morgan fingerprint density at radius 2 is 0.911 bits per heavy atom. The molecule has 2 fully saturated rings. The number of nitrogens with one attached hydrogen (secondary N) is 2. The fourth-order valence-electron chi connectivity index (χ4n) is 5.50. The highest BCUT2D eigenvalue weighted by atomic mass is 16.7. The molecular formula is C36H60N2O18. The third-order valence-corrected chi connectivity index (χ3v) is 8.85. The predicted octanol–water partition coefficient (Wildman–Crippen LogP) is -3.86. The highest BCUT2D eigenvalue weighted by Gasteiger charge is 2.45. The summed E-state index contributed by atoms with van der Waals surface area (Å²) in [6.45, 7) is 6.74. The van der Waals surface area contributed by atoms with Crippen molar-refractivity contribution in [3.05, 3.63) is 34.9 Å². The van der Waals surface area contributed by atoms with Crippen molar-refractivity contribution in [2.24, 2.45) is 0 Å². The van der Waals surface area contributed by atoms with Crippen LogP contribution in [-0.4, -0.2) is 206 Å². The van der Waals surface area contributed by atoms with Gasteiger partial charge in [-0.25, -0.2) is 0 Å². The first-order valence-corrected chi connectivity index (χ1v) is 18.6. The van der Waals surface area contributed by atoms with Gasteiger partial charge >= 0.3 is 0 Å². The van der Waals surface area contributed by atoms with Crippen LogP contribution in [-0.2, 0) is 43.3 Å². The smallest absolute Gasteiger partial charge is 0.251 e. The minimum absolute atomic E-state index is 0.00943. The number of amides is 2. The zero-order valence-electron chi connectivity index (χ0n) is 32.1. The summed E-state index contributed by atoms with van der Waals surface area (Å²) in [5.74, 6) is -0.755. The van der Waals surface area contributed by atoms with Crippen LogP contribution in [0.15, 0.2) is 18.2 Å². The molecule has 0 aliphatic carbocycles. The molecule has 2 amide bonds. The molecule has 1 aromatic rings. The van der Waals surface area contributed by atoms with Crippen molar-refractivity contribution in [1.82, 2.24) is 10.6 Å². The molecule has 10 atom stereocenters. The SMILES string of the molecule is CC(C)(C)c1cc(C(=O)NCCOCCOCCO[C@H]2O[C@H](CO)[C@@H](O)[C@H](O)[C@@H]2O)cc(C(=O)NCCOCCOCCO[C@H]2O[C@H](CO)[C@@H](O)[C@H](O)[C@@H]2O)c1. The van der Waals surface area contributed by atoms with E-state index in [-0.39, 0.29) is 96.4 Å². The van der Waals surface area contributed by atoms with Crippen molar-refractivity contribution in [3.63, 3.8) is 0 Å². The molecule has 20 nitrogen and oxygen atoms in total. The number of carbonyl (C=O) groups excluding carboxylic acids is 2. The van der Waals surface area contributed by atoms with Crippen molar-refractivity contribution < 1.29 is 88.3 Å². The number of hydrogen-bond acceptors (Lipinski definition) is 18. The standard InChI is InChI=1S/C36H60N2O18/c1-36(2,3)23-17-21(32(47)37-4-6-49-8-10-51-12-14-53-34-30(45)28(43)26(41)24(19-39)55-34)16-22(18-23)33(48)38-5-7-50-9-11-52-13-15-54-35-31(46)29(44)27(42)25(20-40)56-35/h16-18,24-31,34-35,39-46H,4-15,19-20H2,1-3H3,(H,37,47)(H,38,48)/t24-,25-,26-,27-,28+,29+,30+,31+,34+,35+/m1/s1. The van der Waals surface area contributed by atoms with Crippen molar-refractivity contribution >= 4 is 11.8 Å². The highest BCUT2D eigenvalue weighted by Crippen LogP contribution is 2.25. The summed E-state index contributed by atoms with van der Waals surface area (Å²) in [5, 5.41) is 83.3. The van der Waals surface area contributed by atoms with E-state index in [1.807, 2.05) is 20.8 Å². The van der Waals surface area contributed by atoms with Crippen molar-refractivity contribution in [3.8, 4) is 0 Å². The lowest BCUT2D eigenvalue weighted by Gasteiger charge is -2.39. The third kappa shape index (κ3) is 15.0. The second kappa shape index (κ2) is 24.4. The average molecular weight is 809 g/mol. The molecular weight excluding hydrogens is 748 g/mol. The van der Waals surface area contributed by atoms with Gasteiger partial charge < -0.3 is 89.4 Å². The quantitative estimate of drug-likeness (QED) is 0.0447. The molecule has 1 aromatic carbocycles. The summed E-state index contributed by atoms with van der Waals surface area (Å²) in [4.78, 5) is 26.0. The van der Waals surface area contributed by atoms with E-state index in [1.165, 1.54) is 6.07 Å². The van der Waals surface area contributed by atoms with Crippen molar-refractivity contribution in [2.45, 2.75) is 87.6 Å². The Hall–Kier alpha value is -2.48. The van der Waals surface area contributed by atoms with Crippen LogP contribution in [0, 0.1) is 0 Å². The Bertz CT molecular complexity index is 1210. The maximum Gasteiger partial charge on any atom is 0.251 e. The van der Waals surface area contributed by atoms with Crippen LogP contribution in [0.2, 0.25) is 0 Å². The van der Waals surface area contributed by atoms with Crippen LogP contribution in [0.25, 0.3) is 0 Å². The van der Waals surface area contributed by atoms with E-state index in [1.54, 1.807) is 12.1 Å². The molecule has 2 aliphatic rings. The molecule has 0 bridgehead atoms. The Morgan fingerprint density at radius 1 is 0.554 bits per heavy atom. The Balaban J connectivity index is 1.28. The van der Waals surface area contributed by atoms with Crippen LogP contribution < -0.4 is 10.6 Å². The molecule has 0 saturated carbocycles. The first-order valence-electron chi connectivity index (χ1n) is 18.6. The number of aliphatic hydroxyl groups is 8. The number of aliphatic hydroxyl groups excluding tert-OH is 8. The summed E-state index contributed by atoms with van der Waals surface area (Å²) in [6, 6.07) is 5.00. The fourth-order valence-corrected chi connectivity index (χ4v) is 5.50. The molecule has 3 rings (SSSR count). The van der Waals surface area contributed by atoms with Crippen LogP contribution in [0.1, 0.15) is 47.1 Å². The summed E-state index contributed by atoms with van der Waals surface area (Å²) < 4.78 is 43.1. The van der Waals surface area contributed by atoms with E-state index >= 15 is 0 Å². The van der Waals surface area contributed by atoms with E-state index in [4.69, 9.17) is 37.9 Å². The molecule has 0 unspecified atom stereocenters. The Morgan fingerprint density at radius 3 is 1.27 bits per heavy atom. The van der Waals surface area contributed by atoms with E-state index < -0.39 is 74.6 Å². The monoisotopic (exact) mass is 808 g/mol. The lowest BCUT2D eigenvalue weighted by molar-refractivity contribution is -0.302. The average Bonchev–Trinajstić information content (AvgIpc) is 3.18. The third-order valence-electron chi connectivity index (χ3n) is 8.85. The lowest BCUT2D eigenvalue weighted by Crippen LogP contribution is -2.59. The lowest BCUT2D eigenvalue weighted by atomic mass is 9.85. The zero-order chi connectivity index (χ0) is 41.3. The molecule has 0 aromatic heterocycles. The van der Waals surface area contributed by atoms with Crippen LogP contribution >= 0.6 is 0 Å². The topological polar surface area (TPSA) is 294 Å². The molecule has 2 heterocycles. The molecule has 0 radical (unpaired) electrons. The number of benzene rings is 1. The summed E-state index contributed by atoms with van der Waals surface area (Å²) in [5.41, 5.74) is 1.07. The maximum absolute atomic E-state index is 13.0. The summed E-state index contributed by atoms with van der Waals surface area (Å²) in [6.07, 6.45) is -13.6. The van der Waals surface area contributed by atoms with Gasteiger partial charge in [0, 0.05) is 24.2 Å². The van der Waals surface area contributed by atoms with Gasteiger partial charge in [0.15, 0.2) is 12.6 Å². The zero-order valence-corrected chi connectivity index (χ0v) is 32.1. The second-order valence-corrected chi connectivity index (χ2v) is 14.1. The molecule has 56 heavy (non-hydrogen) atoms. The number of ether oxygens (including phenoxy) is 8. The van der Waals surface area contributed by atoms with E-state index in [2.05, 4.69) is 10.6 Å². The second-order valence-electron chi connectivity index (χ2n) is 14.1. The number of carbonyl (C=O) groups is 2. The van der Waals surface area contributed by atoms with Gasteiger partial charge in [-0.15, -0.1) is 0 Å². The Kier molecular flexibility index (Phi) is 20.9. The van der Waals surface area contributed by atoms with Crippen molar-refractivity contribution in [1.29, 1.82) is 0 Å². The molecule has 0 spiro atoms. The van der Waals surface area contributed by atoms with Gasteiger partial charge in [0.2, 0.25) is 0 Å². The summed E-state index contributed by atoms with van der Waals surface area (Å²) >= 11 is 0. The van der Waals surface area contributed by atoms with Crippen LogP contribution in [0.5, 0.6) is 0 Å².